The summed E-state index contributed by atoms with van der Waals surface area (Å²) in [5, 5.41) is 7.53. The monoisotopic (exact) mass is 356 g/mol. The number of benzene rings is 1. The van der Waals surface area contributed by atoms with Gasteiger partial charge in [-0.1, -0.05) is 0 Å². The molecule has 0 radical (unpaired) electrons. The van der Waals surface area contributed by atoms with E-state index >= 15 is 0 Å². The SMILES string of the molecule is Cc1cc(N2CC3(CN(C(=O)OC(C)(C)C)C3)C2)cc2n[nH]c(=O)cc12. The van der Waals surface area contributed by atoms with Gasteiger partial charge in [0.15, 0.2) is 0 Å². The lowest BCUT2D eigenvalue weighted by Crippen LogP contribution is -2.73. The minimum Gasteiger partial charge on any atom is -0.444 e. The molecule has 7 nitrogen and oxygen atoms in total. The summed E-state index contributed by atoms with van der Waals surface area (Å²) in [5.74, 6) is 0. The second-order valence-corrected chi connectivity index (χ2v) is 8.62. The lowest BCUT2D eigenvalue weighted by atomic mass is 9.72. The number of aromatic nitrogens is 2. The van der Waals surface area contributed by atoms with E-state index in [1.807, 2.05) is 33.8 Å². The van der Waals surface area contributed by atoms with Crippen LogP contribution in [0.3, 0.4) is 0 Å². The van der Waals surface area contributed by atoms with Gasteiger partial charge in [-0.2, -0.15) is 5.10 Å². The maximum atomic E-state index is 12.1. The molecule has 0 saturated carbocycles. The van der Waals surface area contributed by atoms with Crippen LogP contribution >= 0.6 is 0 Å². The van der Waals surface area contributed by atoms with E-state index in [4.69, 9.17) is 4.74 Å². The smallest absolute Gasteiger partial charge is 0.410 e. The maximum absolute atomic E-state index is 12.1. The van der Waals surface area contributed by atoms with Gasteiger partial charge in [-0.25, -0.2) is 9.89 Å². The first-order valence-electron chi connectivity index (χ1n) is 8.87. The van der Waals surface area contributed by atoms with E-state index < -0.39 is 5.60 Å². The number of fused-ring (bicyclic) bond motifs is 1. The summed E-state index contributed by atoms with van der Waals surface area (Å²) in [6, 6.07) is 5.69. The van der Waals surface area contributed by atoms with Crippen molar-refractivity contribution < 1.29 is 9.53 Å². The Kier molecular flexibility index (Phi) is 3.54. The van der Waals surface area contributed by atoms with Crippen LogP contribution in [0, 0.1) is 12.3 Å². The fraction of sp³-hybridized carbons (Fsp3) is 0.526. The number of carbonyl (C=O) groups excluding carboxylic acids is 1. The Morgan fingerprint density at radius 3 is 2.54 bits per heavy atom. The van der Waals surface area contributed by atoms with Gasteiger partial charge in [-0.3, -0.25) is 4.79 Å². The number of likely N-dealkylation sites (tertiary alicyclic amines) is 1. The Bertz CT molecular complexity index is 930. The number of anilines is 1. The van der Waals surface area contributed by atoms with E-state index in [9.17, 15) is 9.59 Å². The zero-order valence-corrected chi connectivity index (χ0v) is 15.6. The number of nitrogens with zero attached hydrogens (tertiary/aromatic N) is 3. The van der Waals surface area contributed by atoms with Gasteiger partial charge in [0.25, 0.3) is 5.56 Å². The van der Waals surface area contributed by atoms with Crippen LogP contribution in [0.5, 0.6) is 0 Å². The molecule has 1 aromatic heterocycles. The second kappa shape index (κ2) is 5.46. The van der Waals surface area contributed by atoms with Crippen molar-refractivity contribution in [1.82, 2.24) is 15.1 Å². The van der Waals surface area contributed by atoms with Crippen LogP contribution in [0.25, 0.3) is 10.9 Å². The van der Waals surface area contributed by atoms with Gasteiger partial charge in [0, 0.05) is 48.7 Å². The minimum absolute atomic E-state index is 0.179. The van der Waals surface area contributed by atoms with Crippen molar-refractivity contribution in [3.8, 4) is 0 Å². The highest BCUT2D eigenvalue weighted by atomic mass is 16.6. The normalized spacial score (nSPS) is 18.6. The van der Waals surface area contributed by atoms with Gasteiger partial charge in [0.2, 0.25) is 0 Å². The molecule has 3 heterocycles. The number of aromatic amines is 1. The molecule has 2 aromatic rings. The zero-order valence-electron chi connectivity index (χ0n) is 15.6. The maximum Gasteiger partial charge on any atom is 0.410 e. The van der Waals surface area contributed by atoms with Crippen molar-refractivity contribution in [2.75, 3.05) is 31.1 Å². The first kappa shape index (κ1) is 16.9. The zero-order chi connectivity index (χ0) is 18.7. The standard InChI is InChI=1S/C19H24N4O3/c1-12-5-13(6-15-14(12)7-16(24)21-20-15)22-8-19(9-22)10-23(11-19)17(25)26-18(2,3)4/h5-7H,8-11H2,1-4H3,(H,21,24). The summed E-state index contributed by atoms with van der Waals surface area (Å²) in [7, 11) is 0. The Morgan fingerprint density at radius 2 is 1.88 bits per heavy atom. The van der Waals surface area contributed by atoms with E-state index in [0.717, 1.165) is 48.3 Å². The second-order valence-electron chi connectivity index (χ2n) is 8.62. The molecule has 26 heavy (non-hydrogen) atoms. The molecular weight excluding hydrogens is 332 g/mol. The largest absolute Gasteiger partial charge is 0.444 e. The molecule has 4 rings (SSSR count). The number of nitrogens with one attached hydrogen (secondary N) is 1. The highest BCUT2D eigenvalue weighted by Gasteiger charge is 2.54. The van der Waals surface area contributed by atoms with Crippen LogP contribution in [0.15, 0.2) is 23.0 Å². The van der Waals surface area contributed by atoms with Gasteiger partial charge in [-0.05, 0) is 45.4 Å². The summed E-state index contributed by atoms with van der Waals surface area (Å²) in [6.45, 7) is 11.0. The number of carbonyl (C=O) groups is 1. The van der Waals surface area contributed by atoms with Crippen molar-refractivity contribution in [3.63, 3.8) is 0 Å². The third-order valence-electron chi connectivity index (χ3n) is 5.03. The molecule has 0 atom stereocenters. The molecule has 2 aliphatic rings. The number of hydrogen-bond donors (Lipinski definition) is 1. The summed E-state index contributed by atoms with van der Waals surface area (Å²) in [5.41, 5.74) is 2.48. The summed E-state index contributed by atoms with van der Waals surface area (Å²) >= 11 is 0. The molecular formula is C19H24N4O3. The molecule has 1 spiro atoms. The minimum atomic E-state index is -0.456. The van der Waals surface area contributed by atoms with Crippen LogP contribution in [0.2, 0.25) is 0 Å². The van der Waals surface area contributed by atoms with Gasteiger partial charge < -0.3 is 14.5 Å². The highest BCUT2D eigenvalue weighted by molar-refractivity contribution is 5.85. The quantitative estimate of drug-likeness (QED) is 0.848. The molecule has 0 bridgehead atoms. The van der Waals surface area contributed by atoms with Gasteiger partial charge in [0.05, 0.1) is 5.52 Å². The van der Waals surface area contributed by atoms with Crippen LogP contribution in [0.1, 0.15) is 26.3 Å². The average molecular weight is 356 g/mol. The predicted molar refractivity (Wildman–Crippen MR) is 99.6 cm³/mol. The Morgan fingerprint density at radius 1 is 1.19 bits per heavy atom. The molecule has 0 unspecified atom stereocenters. The number of amides is 1. The Labute approximate surface area is 151 Å². The van der Waals surface area contributed by atoms with Crippen molar-refractivity contribution in [2.24, 2.45) is 5.41 Å². The Hall–Kier alpha value is -2.57. The molecule has 1 aromatic carbocycles. The van der Waals surface area contributed by atoms with E-state index in [1.165, 1.54) is 0 Å². The fourth-order valence-corrected chi connectivity index (χ4v) is 3.87. The average Bonchev–Trinajstić information content (AvgIpc) is 2.43. The number of rotatable bonds is 1. The molecule has 2 fully saturated rings. The molecule has 0 aliphatic carbocycles. The summed E-state index contributed by atoms with van der Waals surface area (Å²) in [4.78, 5) is 27.6. The van der Waals surface area contributed by atoms with Gasteiger partial charge >= 0.3 is 6.09 Å². The number of hydrogen-bond acceptors (Lipinski definition) is 5. The number of ether oxygens (including phenoxy) is 1. The Balaban J connectivity index is 1.42. The van der Waals surface area contributed by atoms with Crippen LogP contribution < -0.4 is 10.5 Å². The lowest BCUT2D eigenvalue weighted by molar-refractivity contribution is -0.0452. The van der Waals surface area contributed by atoms with E-state index in [0.29, 0.717) is 0 Å². The molecule has 2 saturated heterocycles. The van der Waals surface area contributed by atoms with Gasteiger partial charge in [0.1, 0.15) is 5.60 Å². The van der Waals surface area contributed by atoms with Crippen molar-refractivity contribution >= 4 is 22.7 Å². The van der Waals surface area contributed by atoms with E-state index in [-0.39, 0.29) is 17.1 Å². The highest BCUT2D eigenvalue weighted by Crippen LogP contribution is 2.43. The topological polar surface area (TPSA) is 78.5 Å². The van der Waals surface area contributed by atoms with Crippen LogP contribution in [0.4, 0.5) is 10.5 Å². The fourth-order valence-electron chi connectivity index (χ4n) is 3.87. The van der Waals surface area contributed by atoms with Crippen molar-refractivity contribution in [2.45, 2.75) is 33.3 Å². The first-order valence-corrected chi connectivity index (χ1v) is 8.87. The van der Waals surface area contributed by atoms with Crippen molar-refractivity contribution in [3.05, 3.63) is 34.1 Å². The summed E-state index contributed by atoms with van der Waals surface area (Å²) < 4.78 is 5.42. The number of aryl methyl sites for hydroxylation is 1. The van der Waals surface area contributed by atoms with Crippen LogP contribution in [-0.4, -0.2) is 53.0 Å². The lowest BCUT2D eigenvalue weighted by Gasteiger charge is -2.60. The first-order chi connectivity index (χ1) is 12.1. The molecule has 2 aliphatic heterocycles. The molecule has 7 heteroatoms. The van der Waals surface area contributed by atoms with Crippen LogP contribution in [-0.2, 0) is 4.74 Å². The number of H-pyrrole nitrogens is 1. The molecule has 1 amide bonds. The third-order valence-corrected chi connectivity index (χ3v) is 5.03. The van der Waals surface area contributed by atoms with E-state index in [2.05, 4.69) is 21.2 Å². The predicted octanol–water partition coefficient (Wildman–Crippen LogP) is 2.29. The van der Waals surface area contributed by atoms with E-state index in [1.54, 1.807) is 11.0 Å². The van der Waals surface area contributed by atoms with Crippen molar-refractivity contribution in [1.29, 1.82) is 0 Å². The third kappa shape index (κ3) is 2.91. The molecule has 1 N–H and O–H groups in total. The van der Waals surface area contributed by atoms with Gasteiger partial charge in [-0.15, -0.1) is 0 Å². The summed E-state index contributed by atoms with van der Waals surface area (Å²) in [6.07, 6.45) is -0.226. The molecule has 138 valence electrons.